The fraction of sp³-hybridized carbons (Fsp3) is 0.250. The molecule has 0 aliphatic heterocycles. The van der Waals surface area contributed by atoms with Crippen LogP contribution >= 0.6 is 0 Å². The largest absolute Gasteiger partial charge is 0.382 e. The molecule has 2 N–H and O–H groups in total. The highest BCUT2D eigenvalue weighted by molar-refractivity contribution is 5.70. The molecule has 4 heteroatoms. The highest BCUT2D eigenvalue weighted by atomic mass is 15.2. The maximum absolute atomic E-state index is 5.70. The van der Waals surface area contributed by atoms with Crippen LogP contribution in [0.4, 0.5) is 5.82 Å². The Morgan fingerprint density at radius 3 is 2.83 bits per heavy atom. The third kappa shape index (κ3) is 0.777. The number of nitrogens with two attached hydrogens (primary N) is 1. The first kappa shape index (κ1) is 7.09. The topological polar surface area (TPSA) is 56.2 Å². The summed E-state index contributed by atoms with van der Waals surface area (Å²) in [6.45, 7) is 3.99. The van der Waals surface area contributed by atoms with E-state index in [9.17, 15) is 0 Å². The lowest BCUT2D eigenvalue weighted by atomic mass is 10.3. The Balaban J connectivity index is 2.99. The Hall–Kier alpha value is -1.58. The number of hydrogen-bond donors (Lipinski definition) is 1. The van der Waals surface area contributed by atoms with Crippen LogP contribution in [0.15, 0.2) is 12.4 Å². The van der Waals surface area contributed by atoms with Gasteiger partial charge in [0.25, 0.3) is 0 Å². The average Bonchev–Trinajstić information content (AvgIpc) is 2.29. The van der Waals surface area contributed by atoms with Crippen molar-refractivity contribution in [3.63, 3.8) is 0 Å². The van der Waals surface area contributed by atoms with Gasteiger partial charge in [0.2, 0.25) is 0 Å². The number of hydrogen-bond acceptors (Lipinski definition) is 3. The van der Waals surface area contributed by atoms with Gasteiger partial charge < -0.3 is 5.73 Å². The molecule has 2 heterocycles. The highest BCUT2D eigenvalue weighted by Gasteiger charge is 2.06. The first-order chi connectivity index (χ1) is 5.70. The minimum Gasteiger partial charge on any atom is -0.382 e. The molecule has 0 fully saturated rings. The van der Waals surface area contributed by atoms with E-state index < -0.39 is 0 Å². The molecule has 2 rings (SSSR count). The Morgan fingerprint density at radius 1 is 1.42 bits per heavy atom. The molecule has 0 radical (unpaired) electrons. The number of fused-ring (bicyclic) bond motifs is 1. The molecule has 0 aliphatic rings. The Bertz CT molecular complexity index is 430. The highest BCUT2D eigenvalue weighted by Crippen LogP contribution is 2.17. The standard InChI is InChI=1S/C8H10N4/c1-5-3-6(2)12-7(5)8(9)10-4-11-12/h3-4H,1-2H3,(H2,9,10,11). The molecule has 0 aromatic carbocycles. The summed E-state index contributed by atoms with van der Waals surface area (Å²) in [5, 5.41) is 4.09. The molecule has 0 bridgehead atoms. The second-order valence-electron chi connectivity index (χ2n) is 2.87. The lowest BCUT2D eigenvalue weighted by Gasteiger charge is -1.98. The molecule has 62 valence electrons. The zero-order valence-electron chi connectivity index (χ0n) is 7.07. The molecule has 0 aliphatic carbocycles. The third-order valence-electron chi connectivity index (χ3n) is 1.95. The van der Waals surface area contributed by atoms with Gasteiger partial charge in [0, 0.05) is 5.69 Å². The summed E-state index contributed by atoms with van der Waals surface area (Å²) in [5.74, 6) is 0.538. The molecule has 0 saturated heterocycles. The van der Waals surface area contributed by atoms with Gasteiger partial charge in [-0.3, -0.25) is 0 Å². The zero-order chi connectivity index (χ0) is 8.72. The van der Waals surface area contributed by atoms with Crippen LogP contribution in [0.2, 0.25) is 0 Å². The molecule has 2 aromatic rings. The predicted octanol–water partition coefficient (Wildman–Crippen LogP) is 0.928. The van der Waals surface area contributed by atoms with Crippen LogP contribution in [0.5, 0.6) is 0 Å². The van der Waals surface area contributed by atoms with Crippen molar-refractivity contribution in [2.45, 2.75) is 13.8 Å². The lowest BCUT2D eigenvalue weighted by Crippen LogP contribution is -2.00. The van der Waals surface area contributed by atoms with E-state index in [1.54, 1.807) is 4.52 Å². The van der Waals surface area contributed by atoms with Gasteiger partial charge in [0.1, 0.15) is 11.8 Å². The summed E-state index contributed by atoms with van der Waals surface area (Å²) in [6.07, 6.45) is 1.47. The fourth-order valence-corrected chi connectivity index (χ4v) is 1.45. The van der Waals surface area contributed by atoms with E-state index in [0.717, 1.165) is 16.8 Å². The fourth-order valence-electron chi connectivity index (χ4n) is 1.45. The van der Waals surface area contributed by atoms with Gasteiger partial charge in [0.15, 0.2) is 5.82 Å². The Kier molecular flexibility index (Phi) is 1.30. The second kappa shape index (κ2) is 2.20. The number of anilines is 1. The maximum atomic E-state index is 5.70. The van der Waals surface area contributed by atoms with Gasteiger partial charge >= 0.3 is 0 Å². The summed E-state index contributed by atoms with van der Waals surface area (Å²) in [5.41, 5.74) is 8.81. The summed E-state index contributed by atoms with van der Waals surface area (Å²) in [4.78, 5) is 3.93. The van der Waals surface area contributed by atoms with Gasteiger partial charge in [-0.05, 0) is 25.5 Å². The third-order valence-corrected chi connectivity index (χ3v) is 1.95. The van der Waals surface area contributed by atoms with E-state index in [1.165, 1.54) is 6.33 Å². The molecule has 0 unspecified atom stereocenters. The summed E-state index contributed by atoms with van der Waals surface area (Å²) < 4.78 is 1.80. The monoisotopic (exact) mass is 162 g/mol. The van der Waals surface area contributed by atoms with E-state index in [4.69, 9.17) is 5.73 Å². The summed E-state index contributed by atoms with van der Waals surface area (Å²) in [7, 11) is 0. The van der Waals surface area contributed by atoms with Crippen molar-refractivity contribution in [2.24, 2.45) is 0 Å². The van der Waals surface area contributed by atoms with Crippen molar-refractivity contribution in [2.75, 3.05) is 5.73 Å². The van der Waals surface area contributed by atoms with Crippen molar-refractivity contribution >= 4 is 11.3 Å². The van der Waals surface area contributed by atoms with Crippen LogP contribution in [0.3, 0.4) is 0 Å². The van der Waals surface area contributed by atoms with Crippen LogP contribution in [0.1, 0.15) is 11.3 Å². The Morgan fingerprint density at radius 2 is 2.17 bits per heavy atom. The van der Waals surface area contributed by atoms with Crippen LogP contribution in [-0.2, 0) is 0 Å². The van der Waals surface area contributed by atoms with E-state index in [-0.39, 0.29) is 0 Å². The average molecular weight is 162 g/mol. The molecular weight excluding hydrogens is 152 g/mol. The molecular formula is C8H10N4. The maximum Gasteiger partial charge on any atom is 0.151 e. The van der Waals surface area contributed by atoms with Gasteiger partial charge in [-0.25, -0.2) is 9.50 Å². The number of nitrogen functional groups attached to an aromatic ring is 1. The molecule has 0 amide bonds. The minimum absolute atomic E-state index is 0.538. The minimum atomic E-state index is 0.538. The predicted molar refractivity (Wildman–Crippen MR) is 46.9 cm³/mol. The lowest BCUT2D eigenvalue weighted by molar-refractivity contribution is 0.875. The molecule has 2 aromatic heterocycles. The van der Waals surface area contributed by atoms with E-state index in [2.05, 4.69) is 10.1 Å². The Labute approximate surface area is 70.0 Å². The normalized spacial score (nSPS) is 10.8. The van der Waals surface area contributed by atoms with Gasteiger partial charge in [-0.2, -0.15) is 5.10 Å². The van der Waals surface area contributed by atoms with Gasteiger partial charge in [-0.15, -0.1) is 0 Å². The quantitative estimate of drug-likeness (QED) is 0.627. The number of nitrogens with zero attached hydrogens (tertiary/aromatic N) is 3. The van der Waals surface area contributed by atoms with Crippen molar-refractivity contribution in [1.82, 2.24) is 14.6 Å². The van der Waals surface area contributed by atoms with E-state index in [1.807, 2.05) is 19.9 Å². The van der Waals surface area contributed by atoms with Gasteiger partial charge in [-0.1, -0.05) is 0 Å². The molecule has 0 spiro atoms. The zero-order valence-corrected chi connectivity index (χ0v) is 7.07. The molecule has 0 atom stereocenters. The van der Waals surface area contributed by atoms with E-state index >= 15 is 0 Å². The summed E-state index contributed by atoms with van der Waals surface area (Å²) in [6, 6.07) is 2.04. The molecule has 4 nitrogen and oxygen atoms in total. The van der Waals surface area contributed by atoms with Crippen LogP contribution in [0.25, 0.3) is 5.52 Å². The smallest absolute Gasteiger partial charge is 0.151 e. The number of aryl methyl sites for hydroxylation is 2. The van der Waals surface area contributed by atoms with Crippen LogP contribution in [0, 0.1) is 13.8 Å². The van der Waals surface area contributed by atoms with Crippen LogP contribution < -0.4 is 5.73 Å². The SMILES string of the molecule is Cc1cc(C)n2ncnc(N)c12. The first-order valence-electron chi connectivity index (χ1n) is 3.75. The molecule has 12 heavy (non-hydrogen) atoms. The van der Waals surface area contributed by atoms with Crippen molar-refractivity contribution in [3.05, 3.63) is 23.7 Å². The second-order valence-corrected chi connectivity index (χ2v) is 2.87. The number of aromatic nitrogens is 3. The van der Waals surface area contributed by atoms with Crippen molar-refractivity contribution < 1.29 is 0 Å². The molecule has 0 saturated carbocycles. The van der Waals surface area contributed by atoms with E-state index in [0.29, 0.717) is 5.82 Å². The van der Waals surface area contributed by atoms with Crippen molar-refractivity contribution in [3.8, 4) is 0 Å². The van der Waals surface area contributed by atoms with Gasteiger partial charge in [0.05, 0.1) is 0 Å². The first-order valence-corrected chi connectivity index (χ1v) is 3.75. The summed E-state index contributed by atoms with van der Waals surface area (Å²) >= 11 is 0. The van der Waals surface area contributed by atoms with Crippen LogP contribution in [-0.4, -0.2) is 14.6 Å². The van der Waals surface area contributed by atoms with Crippen molar-refractivity contribution in [1.29, 1.82) is 0 Å². The number of rotatable bonds is 0.